The van der Waals surface area contributed by atoms with E-state index in [1.54, 1.807) is 28.8 Å². The first-order chi connectivity index (χ1) is 14.6. The molecule has 1 amide bonds. The summed E-state index contributed by atoms with van der Waals surface area (Å²) in [5.41, 5.74) is 1.35. The fraction of sp³-hybridized carbons (Fsp3) is 0.318. The van der Waals surface area contributed by atoms with E-state index in [9.17, 15) is 13.6 Å². The lowest BCUT2D eigenvalue weighted by Crippen LogP contribution is -2.33. The Morgan fingerprint density at radius 3 is 2.10 bits per heavy atom. The van der Waals surface area contributed by atoms with Crippen molar-refractivity contribution in [2.24, 2.45) is 0 Å². The highest BCUT2D eigenvalue weighted by Gasteiger charge is 2.20. The molecular formula is C22H22F2N4OS. The van der Waals surface area contributed by atoms with E-state index in [1.807, 2.05) is 4.90 Å². The highest BCUT2D eigenvalue weighted by atomic mass is 32.2. The van der Waals surface area contributed by atoms with Gasteiger partial charge in [0.2, 0.25) is 5.91 Å². The van der Waals surface area contributed by atoms with Crippen molar-refractivity contribution in [1.82, 2.24) is 19.7 Å². The van der Waals surface area contributed by atoms with Crippen molar-refractivity contribution in [2.75, 3.05) is 18.8 Å². The van der Waals surface area contributed by atoms with Crippen molar-refractivity contribution in [3.05, 3.63) is 60.2 Å². The van der Waals surface area contributed by atoms with Gasteiger partial charge in [0.1, 0.15) is 11.6 Å². The summed E-state index contributed by atoms with van der Waals surface area (Å²) in [5, 5.41) is 9.07. The minimum Gasteiger partial charge on any atom is -0.342 e. The number of nitrogens with zero attached hydrogens (tertiary/aromatic N) is 4. The first kappa shape index (κ1) is 20.5. The number of amides is 1. The number of carbonyl (C=O) groups is 1. The number of likely N-dealkylation sites (tertiary alicyclic amines) is 1. The predicted molar refractivity (Wildman–Crippen MR) is 112 cm³/mol. The number of halogens is 2. The van der Waals surface area contributed by atoms with Crippen molar-refractivity contribution in [3.8, 4) is 17.1 Å². The maximum atomic E-state index is 13.5. The van der Waals surface area contributed by atoms with Crippen molar-refractivity contribution < 1.29 is 13.6 Å². The normalized spacial score (nSPS) is 14.5. The van der Waals surface area contributed by atoms with Gasteiger partial charge >= 0.3 is 0 Å². The van der Waals surface area contributed by atoms with Crippen molar-refractivity contribution in [1.29, 1.82) is 0 Å². The molecule has 1 aliphatic heterocycles. The van der Waals surface area contributed by atoms with E-state index < -0.39 is 0 Å². The van der Waals surface area contributed by atoms with Gasteiger partial charge in [-0.05, 0) is 61.4 Å². The summed E-state index contributed by atoms with van der Waals surface area (Å²) in [6, 6.07) is 11.9. The molecule has 0 spiro atoms. The number of aromatic nitrogens is 3. The fourth-order valence-electron chi connectivity index (χ4n) is 3.51. The Kier molecular flexibility index (Phi) is 6.42. The third-order valence-corrected chi connectivity index (χ3v) is 6.02. The summed E-state index contributed by atoms with van der Waals surface area (Å²) in [7, 11) is 0. The number of benzene rings is 2. The quantitative estimate of drug-likeness (QED) is 0.553. The highest BCUT2D eigenvalue weighted by Crippen LogP contribution is 2.28. The Bertz CT molecular complexity index is 997. The van der Waals surface area contributed by atoms with Crippen LogP contribution in [0, 0.1) is 11.6 Å². The molecular weight excluding hydrogens is 406 g/mol. The molecule has 1 fully saturated rings. The molecule has 4 rings (SSSR count). The zero-order valence-corrected chi connectivity index (χ0v) is 17.2. The summed E-state index contributed by atoms with van der Waals surface area (Å²) in [6.45, 7) is 1.59. The Balaban J connectivity index is 1.61. The van der Waals surface area contributed by atoms with Crippen LogP contribution in [0.1, 0.15) is 25.7 Å². The molecule has 1 aliphatic rings. The van der Waals surface area contributed by atoms with Gasteiger partial charge in [0.25, 0.3) is 0 Å². The van der Waals surface area contributed by atoms with E-state index in [0.717, 1.165) is 38.8 Å². The molecule has 0 unspecified atom stereocenters. The lowest BCUT2D eigenvalue weighted by molar-refractivity contribution is -0.128. The summed E-state index contributed by atoms with van der Waals surface area (Å²) in [6.07, 6.45) is 4.40. The second-order valence-corrected chi connectivity index (χ2v) is 8.15. The maximum Gasteiger partial charge on any atom is 0.233 e. The van der Waals surface area contributed by atoms with Crippen LogP contribution in [0.3, 0.4) is 0 Å². The number of hydrogen-bond donors (Lipinski definition) is 0. The Morgan fingerprint density at radius 1 is 0.867 bits per heavy atom. The van der Waals surface area contributed by atoms with Crippen LogP contribution in [-0.2, 0) is 4.79 Å². The van der Waals surface area contributed by atoms with E-state index in [1.165, 1.54) is 36.0 Å². The zero-order valence-electron chi connectivity index (χ0n) is 16.4. The molecule has 0 saturated carbocycles. The molecule has 8 heteroatoms. The molecule has 156 valence electrons. The average molecular weight is 429 g/mol. The van der Waals surface area contributed by atoms with E-state index in [-0.39, 0.29) is 23.3 Å². The van der Waals surface area contributed by atoms with Crippen LogP contribution in [-0.4, -0.2) is 44.4 Å². The highest BCUT2D eigenvalue weighted by molar-refractivity contribution is 7.99. The van der Waals surface area contributed by atoms with Crippen LogP contribution in [0.5, 0.6) is 0 Å². The van der Waals surface area contributed by atoms with Crippen LogP contribution in [0.2, 0.25) is 0 Å². The number of rotatable bonds is 5. The Morgan fingerprint density at radius 2 is 1.47 bits per heavy atom. The average Bonchev–Trinajstić information content (AvgIpc) is 2.98. The molecule has 30 heavy (non-hydrogen) atoms. The largest absolute Gasteiger partial charge is 0.342 e. The third kappa shape index (κ3) is 4.70. The fourth-order valence-corrected chi connectivity index (χ4v) is 4.36. The second kappa shape index (κ2) is 9.38. The van der Waals surface area contributed by atoms with E-state index in [2.05, 4.69) is 10.2 Å². The van der Waals surface area contributed by atoms with Crippen LogP contribution in [0.25, 0.3) is 17.1 Å². The molecule has 0 bridgehead atoms. The second-order valence-electron chi connectivity index (χ2n) is 7.21. The summed E-state index contributed by atoms with van der Waals surface area (Å²) in [4.78, 5) is 14.6. The van der Waals surface area contributed by atoms with Crippen LogP contribution in [0.4, 0.5) is 8.78 Å². The van der Waals surface area contributed by atoms with E-state index in [0.29, 0.717) is 22.2 Å². The molecule has 1 aromatic heterocycles. The predicted octanol–water partition coefficient (Wildman–Crippen LogP) is 4.71. The molecule has 0 atom stereocenters. The standard InChI is InChI=1S/C22H22F2N4OS/c23-17-7-5-16(6-8-17)21-25-26-22(28(21)19-11-9-18(24)10-12-19)30-15-20(29)27-13-3-1-2-4-14-27/h5-12H,1-4,13-15H2. The van der Waals surface area contributed by atoms with Gasteiger partial charge in [0.15, 0.2) is 11.0 Å². The van der Waals surface area contributed by atoms with Gasteiger partial charge in [-0.1, -0.05) is 24.6 Å². The maximum absolute atomic E-state index is 13.5. The minimum absolute atomic E-state index is 0.0823. The molecule has 2 aromatic carbocycles. The molecule has 0 N–H and O–H groups in total. The van der Waals surface area contributed by atoms with Gasteiger partial charge in [0.05, 0.1) is 5.75 Å². The first-order valence-corrected chi connectivity index (χ1v) is 11.0. The van der Waals surface area contributed by atoms with Crippen LogP contribution in [0.15, 0.2) is 53.7 Å². The van der Waals surface area contributed by atoms with Crippen molar-refractivity contribution in [2.45, 2.75) is 30.8 Å². The SMILES string of the molecule is O=C(CSc1nnc(-c2ccc(F)cc2)n1-c1ccc(F)cc1)N1CCCCCC1. The monoisotopic (exact) mass is 428 g/mol. The Labute approximate surface area is 178 Å². The summed E-state index contributed by atoms with van der Waals surface area (Å²) < 4.78 is 28.6. The lowest BCUT2D eigenvalue weighted by Gasteiger charge is -2.20. The first-order valence-electron chi connectivity index (χ1n) is 10.00. The van der Waals surface area contributed by atoms with Gasteiger partial charge in [-0.25, -0.2) is 8.78 Å². The van der Waals surface area contributed by atoms with Gasteiger partial charge in [-0.3, -0.25) is 9.36 Å². The third-order valence-electron chi connectivity index (χ3n) is 5.10. The number of hydrogen-bond acceptors (Lipinski definition) is 4. The van der Waals surface area contributed by atoms with Gasteiger partial charge < -0.3 is 4.90 Å². The molecule has 5 nitrogen and oxygen atoms in total. The molecule has 1 saturated heterocycles. The minimum atomic E-state index is -0.347. The zero-order chi connectivity index (χ0) is 20.9. The summed E-state index contributed by atoms with van der Waals surface area (Å²) in [5.74, 6) is 0.151. The smallest absolute Gasteiger partial charge is 0.233 e. The van der Waals surface area contributed by atoms with Crippen molar-refractivity contribution in [3.63, 3.8) is 0 Å². The lowest BCUT2D eigenvalue weighted by atomic mass is 10.2. The van der Waals surface area contributed by atoms with Crippen molar-refractivity contribution >= 4 is 17.7 Å². The molecule has 2 heterocycles. The topological polar surface area (TPSA) is 51.0 Å². The molecule has 0 aliphatic carbocycles. The Hall–Kier alpha value is -2.74. The van der Waals surface area contributed by atoms with Crippen LogP contribution >= 0.6 is 11.8 Å². The number of thioether (sulfide) groups is 1. The number of carbonyl (C=O) groups excluding carboxylic acids is 1. The van der Waals surface area contributed by atoms with Gasteiger partial charge in [-0.15, -0.1) is 10.2 Å². The van der Waals surface area contributed by atoms with Crippen LogP contribution < -0.4 is 0 Å². The van der Waals surface area contributed by atoms with Gasteiger partial charge in [0, 0.05) is 24.3 Å². The molecule has 0 radical (unpaired) electrons. The summed E-state index contributed by atoms with van der Waals surface area (Å²) >= 11 is 1.30. The van der Waals surface area contributed by atoms with E-state index >= 15 is 0 Å². The van der Waals surface area contributed by atoms with E-state index in [4.69, 9.17) is 0 Å². The van der Waals surface area contributed by atoms with Gasteiger partial charge in [-0.2, -0.15) is 0 Å². The molecule has 3 aromatic rings.